The number of hydrogen-bond acceptors (Lipinski definition) is 2. The van der Waals surface area contributed by atoms with Gasteiger partial charge in [-0.25, -0.2) is 4.98 Å². The molecule has 0 atom stereocenters. The van der Waals surface area contributed by atoms with Crippen LogP contribution < -0.4 is 0 Å². The predicted molar refractivity (Wildman–Crippen MR) is 59.5 cm³/mol. The number of halogens is 7. The average Bonchev–Trinajstić information content (AvgIpc) is 2.70. The molecular weight excluding hydrogens is 356 g/mol. The van der Waals surface area contributed by atoms with E-state index in [1.165, 1.54) is 0 Å². The molecule has 0 unspecified atom stereocenters. The van der Waals surface area contributed by atoms with Crippen molar-refractivity contribution in [3.05, 3.63) is 34.2 Å². The number of imidazole rings is 1. The maximum absolute atomic E-state index is 12.8. The van der Waals surface area contributed by atoms with Gasteiger partial charge in [-0.2, -0.15) is 26.3 Å². The number of H-pyrrole nitrogens is 1. The molecule has 0 radical (unpaired) electrons. The molecule has 20 heavy (non-hydrogen) atoms. The van der Waals surface area contributed by atoms with E-state index in [0.29, 0.717) is 6.07 Å². The van der Waals surface area contributed by atoms with Crippen LogP contribution in [0.3, 0.4) is 0 Å². The third-order valence-electron chi connectivity index (χ3n) is 2.28. The van der Waals surface area contributed by atoms with Crippen LogP contribution in [0.15, 0.2) is 22.9 Å². The van der Waals surface area contributed by atoms with Crippen LogP contribution in [0.1, 0.15) is 11.3 Å². The van der Waals surface area contributed by atoms with Crippen molar-refractivity contribution in [3.63, 3.8) is 0 Å². The number of alkyl halides is 6. The van der Waals surface area contributed by atoms with Crippen molar-refractivity contribution >= 4 is 15.9 Å². The van der Waals surface area contributed by atoms with Crippen molar-refractivity contribution in [2.75, 3.05) is 0 Å². The van der Waals surface area contributed by atoms with Crippen LogP contribution in [0.5, 0.6) is 0 Å². The summed E-state index contributed by atoms with van der Waals surface area (Å²) in [4.78, 5) is 8.65. The van der Waals surface area contributed by atoms with Gasteiger partial charge < -0.3 is 4.98 Å². The van der Waals surface area contributed by atoms with Crippen LogP contribution in [0.25, 0.3) is 11.5 Å². The Bertz CT molecular complexity index is 631. The first kappa shape index (κ1) is 14.8. The van der Waals surface area contributed by atoms with E-state index in [0.717, 1.165) is 12.3 Å². The van der Waals surface area contributed by atoms with Crippen molar-refractivity contribution in [1.82, 2.24) is 15.0 Å². The second-order valence-corrected chi connectivity index (χ2v) is 4.40. The summed E-state index contributed by atoms with van der Waals surface area (Å²) in [7, 11) is 0. The van der Waals surface area contributed by atoms with E-state index in [1.54, 1.807) is 4.98 Å². The second kappa shape index (κ2) is 4.76. The maximum atomic E-state index is 12.8. The third kappa shape index (κ3) is 2.79. The van der Waals surface area contributed by atoms with Crippen LogP contribution >= 0.6 is 15.9 Å². The lowest BCUT2D eigenvalue weighted by Crippen LogP contribution is -2.09. The molecule has 0 aliphatic heterocycles. The van der Waals surface area contributed by atoms with E-state index in [2.05, 4.69) is 25.9 Å². The Morgan fingerprint density at radius 1 is 1.05 bits per heavy atom. The number of aromatic nitrogens is 3. The second-order valence-electron chi connectivity index (χ2n) is 3.65. The molecule has 0 fully saturated rings. The number of pyridine rings is 1. The minimum atomic E-state index is -4.77. The quantitative estimate of drug-likeness (QED) is 0.772. The predicted octanol–water partition coefficient (Wildman–Crippen LogP) is 4.27. The van der Waals surface area contributed by atoms with Gasteiger partial charge in [-0.1, -0.05) is 0 Å². The van der Waals surface area contributed by atoms with Crippen molar-refractivity contribution in [2.45, 2.75) is 12.4 Å². The van der Waals surface area contributed by atoms with E-state index in [4.69, 9.17) is 0 Å². The average molecular weight is 360 g/mol. The standard InChI is InChI=1S/C10H4BrF6N3/c11-7-6(10(15,16)17)19-8(20-7)5-4(9(12,13)14)2-1-3-18-5/h1-3H,(H,19,20). The molecule has 0 aromatic carbocycles. The molecule has 0 saturated carbocycles. The highest BCUT2D eigenvalue weighted by molar-refractivity contribution is 9.10. The lowest BCUT2D eigenvalue weighted by atomic mass is 10.2. The molecule has 0 bridgehead atoms. The zero-order valence-corrected chi connectivity index (χ0v) is 10.9. The Balaban J connectivity index is 2.59. The molecule has 0 spiro atoms. The molecule has 2 aromatic heterocycles. The molecule has 108 valence electrons. The molecule has 0 saturated heterocycles. The van der Waals surface area contributed by atoms with Gasteiger partial charge in [0.1, 0.15) is 10.3 Å². The van der Waals surface area contributed by atoms with Gasteiger partial charge in [-0.05, 0) is 28.1 Å². The molecular formula is C10H4BrF6N3. The molecule has 2 rings (SSSR count). The molecule has 3 nitrogen and oxygen atoms in total. The summed E-state index contributed by atoms with van der Waals surface area (Å²) in [6.45, 7) is 0. The van der Waals surface area contributed by atoms with Crippen molar-refractivity contribution in [3.8, 4) is 11.5 Å². The van der Waals surface area contributed by atoms with Crippen LogP contribution in [-0.4, -0.2) is 15.0 Å². The zero-order valence-electron chi connectivity index (χ0n) is 9.27. The molecule has 0 aliphatic rings. The van der Waals surface area contributed by atoms with Crippen LogP contribution in [0, 0.1) is 0 Å². The van der Waals surface area contributed by atoms with Crippen LogP contribution in [-0.2, 0) is 12.4 Å². The lowest BCUT2D eigenvalue weighted by molar-refractivity contribution is -0.141. The van der Waals surface area contributed by atoms with Gasteiger partial charge >= 0.3 is 12.4 Å². The number of rotatable bonds is 1. The van der Waals surface area contributed by atoms with Gasteiger partial charge in [0, 0.05) is 6.20 Å². The third-order valence-corrected chi connectivity index (χ3v) is 2.85. The largest absolute Gasteiger partial charge is 0.433 e. The minimum absolute atomic E-state index is 0.614. The Hall–Kier alpha value is -1.58. The first-order valence-electron chi connectivity index (χ1n) is 4.96. The molecule has 10 heteroatoms. The zero-order chi connectivity index (χ0) is 15.1. The highest BCUT2D eigenvalue weighted by atomic mass is 79.9. The summed E-state index contributed by atoms with van der Waals surface area (Å²) in [6, 6.07) is 1.75. The smallest absolute Gasteiger partial charge is 0.332 e. The Morgan fingerprint density at radius 3 is 2.20 bits per heavy atom. The van der Waals surface area contributed by atoms with Crippen molar-refractivity contribution < 1.29 is 26.3 Å². The Kier molecular flexibility index (Phi) is 3.53. The monoisotopic (exact) mass is 359 g/mol. The number of nitrogens with zero attached hydrogens (tertiary/aromatic N) is 2. The molecule has 1 N–H and O–H groups in total. The van der Waals surface area contributed by atoms with Gasteiger partial charge in [0.05, 0.1) is 5.56 Å². The van der Waals surface area contributed by atoms with E-state index in [9.17, 15) is 26.3 Å². The normalized spacial score (nSPS) is 12.8. The molecule has 0 aliphatic carbocycles. The van der Waals surface area contributed by atoms with E-state index in [-0.39, 0.29) is 0 Å². The van der Waals surface area contributed by atoms with Crippen molar-refractivity contribution in [1.29, 1.82) is 0 Å². The Morgan fingerprint density at radius 2 is 1.70 bits per heavy atom. The topological polar surface area (TPSA) is 41.6 Å². The van der Waals surface area contributed by atoms with E-state index in [1.807, 2.05) is 0 Å². The van der Waals surface area contributed by atoms with Gasteiger partial charge in [0.15, 0.2) is 11.5 Å². The summed E-state index contributed by atoms with van der Waals surface area (Å²) in [5.41, 5.74) is -3.14. The maximum Gasteiger partial charge on any atom is 0.433 e. The first-order chi connectivity index (χ1) is 9.10. The van der Waals surface area contributed by atoms with E-state index >= 15 is 0 Å². The van der Waals surface area contributed by atoms with Gasteiger partial charge in [-0.15, -0.1) is 0 Å². The Labute approximate surface area is 116 Å². The van der Waals surface area contributed by atoms with Crippen molar-refractivity contribution in [2.24, 2.45) is 0 Å². The fourth-order valence-electron chi connectivity index (χ4n) is 1.47. The van der Waals surface area contributed by atoms with Crippen LogP contribution in [0.2, 0.25) is 0 Å². The molecule has 2 heterocycles. The first-order valence-corrected chi connectivity index (χ1v) is 5.75. The summed E-state index contributed by atoms with van der Waals surface area (Å²) in [5, 5.41) is 0. The fourth-order valence-corrected chi connectivity index (χ4v) is 1.98. The fraction of sp³-hybridized carbons (Fsp3) is 0.200. The number of aromatic amines is 1. The lowest BCUT2D eigenvalue weighted by Gasteiger charge is -2.09. The van der Waals surface area contributed by atoms with Gasteiger partial charge in [-0.3, -0.25) is 4.98 Å². The summed E-state index contributed by atoms with van der Waals surface area (Å²) in [6.07, 6.45) is -8.48. The summed E-state index contributed by atoms with van der Waals surface area (Å²) >= 11 is 2.55. The minimum Gasteiger partial charge on any atom is -0.332 e. The molecule has 0 amide bonds. The van der Waals surface area contributed by atoms with Gasteiger partial charge in [0.2, 0.25) is 0 Å². The number of nitrogens with one attached hydrogen (secondary N) is 1. The van der Waals surface area contributed by atoms with Crippen LogP contribution in [0.4, 0.5) is 26.3 Å². The number of hydrogen-bond donors (Lipinski definition) is 1. The van der Waals surface area contributed by atoms with E-state index < -0.39 is 39.7 Å². The molecule has 2 aromatic rings. The van der Waals surface area contributed by atoms with Gasteiger partial charge in [0.25, 0.3) is 0 Å². The highest BCUT2D eigenvalue weighted by Gasteiger charge is 2.39. The SMILES string of the molecule is FC(F)(F)c1cccnc1-c1nc(Br)c(C(F)(F)F)[nH]1. The summed E-state index contributed by atoms with van der Waals surface area (Å²) in [5.74, 6) is -0.614. The highest BCUT2D eigenvalue weighted by Crippen LogP contribution is 2.38. The summed E-state index contributed by atoms with van der Waals surface area (Å²) < 4.78 is 75.4.